The second kappa shape index (κ2) is 8.71. The summed E-state index contributed by atoms with van der Waals surface area (Å²) in [5, 5.41) is 0.629. The molecule has 0 unspecified atom stereocenters. The molecule has 0 bridgehead atoms. The van der Waals surface area contributed by atoms with E-state index in [0.29, 0.717) is 29.6 Å². The Hall–Kier alpha value is -2.77. The average Bonchev–Trinajstić information content (AvgIpc) is 3.41. The molecule has 1 amide bonds. The first-order valence-corrected chi connectivity index (χ1v) is 11.2. The summed E-state index contributed by atoms with van der Waals surface area (Å²) in [5.41, 5.74) is 1.46. The second-order valence-corrected chi connectivity index (χ2v) is 8.15. The van der Waals surface area contributed by atoms with Crippen LogP contribution >= 0.6 is 23.1 Å². The van der Waals surface area contributed by atoms with Crippen LogP contribution in [0, 0.1) is 0 Å². The van der Waals surface area contributed by atoms with Crippen LogP contribution < -0.4 is 9.64 Å². The van der Waals surface area contributed by atoms with Gasteiger partial charge in [-0.15, -0.1) is 11.8 Å². The van der Waals surface area contributed by atoms with Gasteiger partial charge in [0.2, 0.25) is 0 Å². The van der Waals surface area contributed by atoms with Crippen molar-refractivity contribution in [3.05, 3.63) is 72.2 Å². The molecular weight excluding hydrogens is 404 g/mol. The van der Waals surface area contributed by atoms with Gasteiger partial charge in [0.05, 0.1) is 29.6 Å². The molecule has 0 saturated heterocycles. The van der Waals surface area contributed by atoms with Crippen LogP contribution in [0.25, 0.3) is 10.2 Å². The summed E-state index contributed by atoms with van der Waals surface area (Å²) >= 11 is 3.07. The van der Waals surface area contributed by atoms with Gasteiger partial charge in [0.15, 0.2) is 5.13 Å². The first-order chi connectivity index (χ1) is 14.2. The molecule has 0 N–H and O–H groups in total. The van der Waals surface area contributed by atoms with Gasteiger partial charge in [-0.3, -0.25) is 9.69 Å². The predicted molar refractivity (Wildman–Crippen MR) is 118 cm³/mol. The van der Waals surface area contributed by atoms with Crippen LogP contribution in [0.4, 0.5) is 5.13 Å². The molecule has 0 radical (unpaired) electrons. The number of rotatable bonds is 7. The molecule has 0 aliphatic rings. The fraction of sp³-hybridized carbons (Fsp3) is 0.182. The summed E-state index contributed by atoms with van der Waals surface area (Å²) in [5.74, 6) is 1.39. The molecule has 5 nitrogen and oxygen atoms in total. The molecule has 148 valence electrons. The Bertz CT molecular complexity index is 1120. The van der Waals surface area contributed by atoms with Crippen LogP contribution in [0.1, 0.15) is 23.0 Å². The standard InChI is InChI=1S/C22H20N2O3S2/c1-3-26-16-9-10-19-20(13-16)29-22(23-19)24(14-17-7-5-11-27-17)21(25)15-6-4-8-18(12-15)28-2/h4-13H,3,14H2,1-2H3. The largest absolute Gasteiger partial charge is 0.494 e. The average molecular weight is 425 g/mol. The normalized spacial score (nSPS) is 11.0. The van der Waals surface area contributed by atoms with Gasteiger partial charge in [-0.25, -0.2) is 4.98 Å². The maximum atomic E-state index is 13.4. The first kappa shape index (κ1) is 19.5. The van der Waals surface area contributed by atoms with Gasteiger partial charge in [0.1, 0.15) is 11.5 Å². The molecule has 2 aromatic carbocycles. The van der Waals surface area contributed by atoms with Gasteiger partial charge >= 0.3 is 0 Å². The van der Waals surface area contributed by atoms with E-state index in [-0.39, 0.29) is 5.91 Å². The molecule has 0 aliphatic heterocycles. The minimum Gasteiger partial charge on any atom is -0.494 e. The Morgan fingerprint density at radius 3 is 2.86 bits per heavy atom. The molecule has 7 heteroatoms. The van der Waals surface area contributed by atoms with Crippen LogP contribution in [0.5, 0.6) is 5.75 Å². The Morgan fingerprint density at radius 2 is 2.10 bits per heavy atom. The van der Waals surface area contributed by atoms with Crippen molar-refractivity contribution in [1.29, 1.82) is 0 Å². The fourth-order valence-electron chi connectivity index (χ4n) is 2.96. The summed E-state index contributed by atoms with van der Waals surface area (Å²) in [6.07, 6.45) is 3.60. The van der Waals surface area contributed by atoms with E-state index in [1.54, 1.807) is 22.9 Å². The zero-order valence-corrected chi connectivity index (χ0v) is 17.8. The van der Waals surface area contributed by atoms with Gasteiger partial charge in [0, 0.05) is 10.5 Å². The Labute approximate surface area is 177 Å². The molecule has 4 aromatic rings. The molecule has 2 heterocycles. The van der Waals surface area contributed by atoms with Gasteiger partial charge in [-0.1, -0.05) is 17.4 Å². The summed E-state index contributed by atoms with van der Waals surface area (Å²) in [4.78, 5) is 20.8. The number of thiazole rings is 1. The van der Waals surface area contributed by atoms with Crippen molar-refractivity contribution in [2.75, 3.05) is 17.8 Å². The number of hydrogen-bond donors (Lipinski definition) is 0. The Balaban J connectivity index is 1.73. The number of aromatic nitrogens is 1. The van der Waals surface area contributed by atoms with E-state index in [2.05, 4.69) is 0 Å². The summed E-state index contributed by atoms with van der Waals surface area (Å²) in [6.45, 7) is 2.87. The summed E-state index contributed by atoms with van der Waals surface area (Å²) in [6, 6.07) is 17.1. The van der Waals surface area contributed by atoms with Gasteiger partial charge in [0.25, 0.3) is 5.91 Å². The lowest BCUT2D eigenvalue weighted by molar-refractivity contribution is 0.0983. The third kappa shape index (κ3) is 4.31. The molecule has 29 heavy (non-hydrogen) atoms. The molecular formula is C22H20N2O3S2. The van der Waals surface area contributed by atoms with E-state index in [1.807, 2.05) is 67.8 Å². The van der Waals surface area contributed by atoms with Crippen molar-refractivity contribution in [2.24, 2.45) is 0 Å². The number of benzene rings is 2. The SMILES string of the molecule is CCOc1ccc2nc(N(Cc3ccco3)C(=O)c3cccc(SC)c3)sc2c1. The smallest absolute Gasteiger partial charge is 0.260 e. The van der Waals surface area contributed by atoms with Crippen molar-refractivity contribution in [3.63, 3.8) is 0 Å². The lowest BCUT2D eigenvalue weighted by Gasteiger charge is -2.19. The number of hydrogen-bond acceptors (Lipinski definition) is 6. The number of nitrogens with zero attached hydrogens (tertiary/aromatic N) is 2. The maximum absolute atomic E-state index is 13.4. The zero-order chi connectivity index (χ0) is 20.2. The number of carbonyl (C=O) groups excluding carboxylic acids is 1. The molecule has 0 spiro atoms. The number of anilines is 1. The van der Waals surface area contributed by atoms with E-state index < -0.39 is 0 Å². The van der Waals surface area contributed by atoms with Gasteiger partial charge in [-0.2, -0.15) is 0 Å². The molecule has 0 fully saturated rings. The predicted octanol–water partition coefficient (Wildman–Crippen LogP) is 5.86. The van der Waals surface area contributed by atoms with Crippen LogP contribution in [-0.4, -0.2) is 23.8 Å². The lowest BCUT2D eigenvalue weighted by atomic mass is 10.2. The number of thioether (sulfide) groups is 1. The zero-order valence-electron chi connectivity index (χ0n) is 16.1. The van der Waals surface area contributed by atoms with Crippen LogP contribution in [0.2, 0.25) is 0 Å². The van der Waals surface area contributed by atoms with Crippen LogP contribution in [0.15, 0.2) is 70.2 Å². The highest BCUT2D eigenvalue weighted by molar-refractivity contribution is 7.98. The third-order valence-corrected chi connectivity index (χ3v) is 6.11. The fourth-order valence-corrected chi connectivity index (χ4v) is 4.41. The highest BCUT2D eigenvalue weighted by Crippen LogP contribution is 2.33. The van der Waals surface area contributed by atoms with Crippen molar-refractivity contribution < 1.29 is 13.9 Å². The summed E-state index contributed by atoms with van der Waals surface area (Å²) < 4.78 is 12.1. The van der Waals surface area contributed by atoms with E-state index in [9.17, 15) is 4.79 Å². The monoisotopic (exact) mass is 424 g/mol. The molecule has 0 atom stereocenters. The van der Waals surface area contributed by atoms with Crippen molar-refractivity contribution >= 4 is 44.4 Å². The number of amides is 1. The molecule has 0 aliphatic carbocycles. The van der Waals surface area contributed by atoms with E-state index in [1.165, 1.54) is 11.3 Å². The van der Waals surface area contributed by atoms with Crippen LogP contribution in [-0.2, 0) is 6.54 Å². The van der Waals surface area contributed by atoms with Gasteiger partial charge in [-0.05, 0) is 61.7 Å². The topological polar surface area (TPSA) is 55.6 Å². The third-order valence-electron chi connectivity index (χ3n) is 4.35. The minimum absolute atomic E-state index is 0.110. The molecule has 2 aromatic heterocycles. The number of fused-ring (bicyclic) bond motifs is 1. The van der Waals surface area contributed by atoms with E-state index >= 15 is 0 Å². The molecule has 0 saturated carbocycles. The highest BCUT2D eigenvalue weighted by atomic mass is 32.2. The van der Waals surface area contributed by atoms with Crippen molar-refractivity contribution in [2.45, 2.75) is 18.4 Å². The van der Waals surface area contributed by atoms with E-state index in [0.717, 1.165) is 20.9 Å². The Morgan fingerprint density at radius 1 is 1.21 bits per heavy atom. The van der Waals surface area contributed by atoms with E-state index in [4.69, 9.17) is 14.1 Å². The van der Waals surface area contributed by atoms with Crippen molar-refractivity contribution in [3.8, 4) is 5.75 Å². The quantitative estimate of drug-likeness (QED) is 0.348. The number of carbonyl (C=O) groups is 1. The van der Waals surface area contributed by atoms with Gasteiger partial charge < -0.3 is 9.15 Å². The van der Waals surface area contributed by atoms with Crippen molar-refractivity contribution in [1.82, 2.24) is 4.98 Å². The lowest BCUT2D eigenvalue weighted by Crippen LogP contribution is -2.30. The Kier molecular flexibility index (Phi) is 5.87. The highest BCUT2D eigenvalue weighted by Gasteiger charge is 2.23. The maximum Gasteiger partial charge on any atom is 0.260 e. The van der Waals surface area contributed by atoms with Crippen LogP contribution in [0.3, 0.4) is 0 Å². The first-order valence-electron chi connectivity index (χ1n) is 9.19. The molecule has 4 rings (SSSR count). The number of ether oxygens (including phenoxy) is 1. The minimum atomic E-state index is -0.110. The second-order valence-electron chi connectivity index (χ2n) is 6.26. The summed E-state index contributed by atoms with van der Waals surface area (Å²) in [7, 11) is 0. The number of furan rings is 1.